The van der Waals surface area contributed by atoms with E-state index in [1.165, 1.54) is 0 Å². The predicted octanol–water partition coefficient (Wildman–Crippen LogP) is 0.790. The van der Waals surface area contributed by atoms with Crippen molar-refractivity contribution in [2.24, 2.45) is 5.73 Å². The smallest absolute Gasteiger partial charge is 0.404 e. The molecule has 2 rings (SSSR count). The van der Waals surface area contributed by atoms with E-state index in [0.717, 1.165) is 24.8 Å². The molecule has 1 aliphatic carbocycles. The first-order valence-electron chi connectivity index (χ1n) is 5.18. The molecule has 1 heterocycles. The summed E-state index contributed by atoms with van der Waals surface area (Å²) in [6.07, 6.45) is 5.21. The average molecular weight is 222 g/mol. The number of nitrogens with two attached hydrogens (primary N) is 2. The fourth-order valence-corrected chi connectivity index (χ4v) is 2.07. The van der Waals surface area contributed by atoms with Crippen molar-refractivity contribution in [2.75, 3.05) is 5.73 Å². The highest BCUT2D eigenvalue weighted by Crippen LogP contribution is 2.35. The number of carbonyl (C=O) groups is 1. The lowest BCUT2D eigenvalue weighted by molar-refractivity contribution is 0.109. The number of hydrogen-bond donors (Lipinski definition) is 2. The molecule has 6 nitrogen and oxygen atoms in total. The zero-order valence-electron chi connectivity index (χ0n) is 8.80. The molecule has 2 unspecified atom stereocenters. The Balaban J connectivity index is 1.98. The molecule has 0 spiro atoms. The third-order valence-corrected chi connectivity index (χ3v) is 2.83. The first-order valence-corrected chi connectivity index (χ1v) is 5.18. The van der Waals surface area contributed by atoms with Crippen LogP contribution in [-0.2, 0) is 4.74 Å². The largest absolute Gasteiger partial charge is 0.446 e. The van der Waals surface area contributed by atoms with Crippen LogP contribution in [0.15, 0.2) is 12.4 Å². The topological polar surface area (TPSA) is 104 Å². The summed E-state index contributed by atoms with van der Waals surface area (Å²) in [4.78, 5) is 18.5. The Morgan fingerprint density at radius 3 is 2.69 bits per heavy atom. The van der Waals surface area contributed by atoms with Gasteiger partial charge in [-0.3, -0.25) is 0 Å². The molecule has 16 heavy (non-hydrogen) atoms. The first-order chi connectivity index (χ1) is 7.65. The van der Waals surface area contributed by atoms with Crippen LogP contribution in [0.1, 0.15) is 30.7 Å². The van der Waals surface area contributed by atoms with Crippen molar-refractivity contribution in [3.05, 3.63) is 18.0 Å². The van der Waals surface area contributed by atoms with Gasteiger partial charge in [-0.05, 0) is 30.7 Å². The van der Waals surface area contributed by atoms with Gasteiger partial charge in [0.2, 0.25) is 5.95 Å². The summed E-state index contributed by atoms with van der Waals surface area (Å²) < 4.78 is 4.96. The molecule has 0 radical (unpaired) electrons. The number of anilines is 1. The van der Waals surface area contributed by atoms with E-state index in [9.17, 15) is 4.79 Å². The van der Waals surface area contributed by atoms with E-state index < -0.39 is 6.09 Å². The van der Waals surface area contributed by atoms with Gasteiger partial charge >= 0.3 is 6.09 Å². The Labute approximate surface area is 93.0 Å². The highest BCUT2D eigenvalue weighted by molar-refractivity contribution is 5.64. The molecule has 1 aromatic rings. The number of aromatic nitrogens is 2. The van der Waals surface area contributed by atoms with E-state index in [-0.39, 0.29) is 12.1 Å². The number of ether oxygens (including phenoxy) is 1. The number of nitrogen functional groups attached to an aromatic ring is 1. The lowest BCUT2D eigenvalue weighted by Crippen LogP contribution is -2.20. The number of amides is 1. The molecule has 1 saturated carbocycles. The molecule has 2 atom stereocenters. The molecule has 1 aliphatic rings. The fourth-order valence-electron chi connectivity index (χ4n) is 2.07. The Hall–Kier alpha value is -1.85. The van der Waals surface area contributed by atoms with Crippen LogP contribution in [0.4, 0.5) is 10.7 Å². The van der Waals surface area contributed by atoms with Crippen LogP contribution in [0, 0.1) is 0 Å². The Morgan fingerprint density at radius 2 is 2.06 bits per heavy atom. The fraction of sp³-hybridized carbons (Fsp3) is 0.500. The van der Waals surface area contributed by atoms with Crippen molar-refractivity contribution in [2.45, 2.75) is 31.3 Å². The summed E-state index contributed by atoms with van der Waals surface area (Å²) in [6.45, 7) is 0. The second kappa shape index (κ2) is 4.34. The predicted molar refractivity (Wildman–Crippen MR) is 57.5 cm³/mol. The molecule has 86 valence electrons. The van der Waals surface area contributed by atoms with Crippen LogP contribution >= 0.6 is 0 Å². The Kier molecular flexibility index (Phi) is 2.89. The number of rotatable bonds is 2. The lowest BCUT2D eigenvalue weighted by atomic mass is 10.0. The minimum atomic E-state index is -0.709. The Bertz CT molecular complexity index is 379. The minimum absolute atomic E-state index is 0.0833. The first kappa shape index (κ1) is 10.7. The second-order valence-electron chi connectivity index (χ2n) is 3.94. The highest BCUT2D eigenvalue weighted by Gasteiger charge is 2.28. The normalized spacial score (nSPS) is 24.2. The van der Waals surface area contributed by atoms with Crippen molar-refractivity contribution < 1.29 is 9.53 Å². The van der Waals surface area contributed by atoms with E-state index in [0.29, 0.717) is 5.92 Å². The molecular formula is C10H14N4O2. The van der Waals surface area contributed by atoms with Gasteiger partial charge in [0, 0.05) is 12.4 Å². The number of primary amides is 1. The molecule has 4 N–H and O–H groups in total. The molecule has 0 aromatic carbocycles. The van der Waals surface area contributed by atoms with Crippen molar-refractivity contribution in [1.29, 1.82) is 0 Å². The van der Waals surface area contributed by atoms with Gasteiger partial charge in [-0.1, -0.05) is 0 Å². The van der Waals surface area contributed by atoms with Crippen molar-refractivity contribution in [3.63, 3.8) is 0 Å². The maximum absolute atomic E-state index is 10.6. The highest BCUT2D eigenvalue weighted by atomic mass is 16.6. The summed E-state index contributed by atoms with van der Waals surface area (Å²) in [5.74, 6) is 0.594. The summed E-state index contributed by atoms with van der Waals surface area (Å²) in [6, 6.07) is 0. The van der Waals surface area contributed by atoms with Crippen molar-refractivity contribution >= 4 is 12.0 Å². The monoisotopic (exact) mass is 222 g/mol. The van der Waals surface area contributed by atoms with Gasteiger partial charge in [0.1, 0.15) is 6.10 Å². The number of hydrogen-bond acceptors (Lipinski definition) is 5. The number of carbonyl (C=O) groups excluding carboxylic acids is 1. The third kappa shape index (κ3) is 2.39. The van der Waals surface area contributed by atoms with Crippen LogP contribution in [-0.4, -0.2) is 22.2 Å². The van der Waals surface area contributed by atoms with Gasteiger partial charge in [-0.15, -0.1) is 0 Å². The molecule has 1 aromatic heterocycles. The summed E-state index contributed by atoms with van der Waals surface area (Å²) >= 11 is 0. The molecule has 1 fully saturated rings. The summed E-state index contributed by atoms with van der Waals surface area (Å²) in [5.41, 5.74) is 11.4. The van der Waals surface area contributed by atoms with E-state index in [4.69, 9.17) is 16.2 Å². The van der Waals surface area contributed by atoms with E-state index in [2.05, 4.69) is 9.97 Å². The standard InChI is InChI=1S/C10H14N4O2/c11-9-13-4-7(5-14-9)6-1-2-8(3-6)16-10(12)15/h4-6,8H,1-3H2,(H2,12,15)(H2,11,13,14). The van der Waals surface area contributed by atoms with Crippen LogP contribution < -0.4 is 11.5 Å². The summed E-state index contributed by atoms with van der Waals surface area (Å²) in [7, 11) is 0. The van der Waals surface area contributed by atoms with Gasteiger partial charge in [0.15, 0.2) is 0 Å². The average Bonchev–Trinajstić information content (AvgIpc) is 2.66. The third-order valence-electron chi connectivity index (χ3n) is 2.83. The van der Waals surface area contributed by atoms with Crippen LogP contribution in [0.5, 0.6) is 0 Å². The van der Waals surface area contributed by atoms with Crippen LogP contribution in [0.3, 0.4) is 0 Å². The SMILES string of the molecule is NC(=O)OC1CCC(c2cnc(N)nc2)C1. The van der Waals surface area contributed by atoms with Gasteiger partial charge in [0.25, 0.3) is 0 Å². The second-order valence-corrected chi connectivity index (χ2v) is 3.94. The van der Waals surface area contributed by atoms with Crippen LogP contribution in [0.2, 0.25) is 0 Å². The molecule has 0 bridgehead atoms. The zero-order valence-corrected chi connectivity index (χ0v) is 8.80. The molecule has 1 amide bonds. The number of nitrogens with zero attached hydrogens (tertiary/aromatic N) is 2. The van der Waals surface area contributed by atoms with Gasteiger partial charge < -0.3 is 16.2 Å². The maximum Gasteiger partial charge on any atom is 0.404 e. The quantitative estimate of drug-likeness (QED) is 0.769. The van der Waals surface area contributed by atoms with E-state index in [1.54, 1.807) is 12.4 Å². The molecular weight excluding hydrogens is 208 g/mol. The molecule has 0 saturated heterocycles. The lowest BCUT2D eigenvalue weighted by Gasteiger charge is -2.10. The van der Waals surface area contributed by atoms with Gasteiger partial charge in [0.05, 0.1) is 0 Å². The molecule has 6 heteroatoms. The van der Waals surface area contributed by atoms with E-state index in [1.807, 2.05) is 0 Å². The van der Waals surface area contributed by atoms with Gasteiger partial charge in [-0.25, -0.2) is 14.8 Å². The van der Waals surface area contributed by atoms with Crippen molar-refractivity contribution in [3.8, 4) is 0 Å². The maximum atomic E-state index is 10.6. The zero-order chi connectivity index (χ0) is 11.5. The van der Waals surface area contributed by atoms with E-state index >= 15 is 0 Å². The van der Waals surface area contributed by atoms with Crippen LogP contribution in [0.25, 0.3) is 0 Å². The molecule has 0 aliphatic heterocycles. The summed E-state index contributed by atoms with van der Waals surface area (Å²) in [5, 5.41) is 0. The minimum Gasteiger partial charge on any atom is -0.446 e. The van der Waals surface area contributed by atoms with Crippen molar-refractivity contribution in [1.82, 2.24) is 9.97 Å². The Morgan fingerprint density at radius 1 is 1.38 bits per heavy atom. The van der Waals surface area contributed by atoms with Gasteiger partial charge in [-0.2, -0.15) is 0 Å².